The van der Waals surface area contributed by atoms with Crippen LogP contribution in [0.2, 0.25) is 5.02 Å². The highest BCUT2D eigenvalue weighted by atomic mass is 35.5. The Labute approximate surface area is 95.8 Å². The largest absolute Gasteiger partial charge is 0.292 e. The number of aromatic nitrogens is 2. The van der Waals surface area contributed by atoms with Crippen molar-refractivity contribution in [3.8, 4) is 0 Å². The summed E-state index contributed by atoms with van der Waals surface area (Å²) < 4.78 is 0. The van der Waals surface area contributed by atoms with Crippen molar-refractivity contribution >= 4 is 28.7 Å². The molecule has 0 saturated carbocycles. The summed E-state index contributed by atoms with van der Waals surface area (Å²) in [6, 6.07) is 3.39. The van der Waals surface area contributed by atoms with Crippen LogP contribution in [0.15, 0.2) is 30.0 Å². The van der Waals surface area contributed by atoms with Gasteiger partial charge in [-0.1, -0.05) is 11.6 Å². The number of carbonyl (C=O) groups is 1. The van der Waals surface area contributed by atoms with Gasteiger partial charge in [-0.2, -0.15) is 0 Å². The Bertz CT molecular complexity index is 469. The molecule has 0 spiro atoms. The molecule has 0 bridgehead atoms. The zero-order chi connectivity index (χ0) is 10.7. The van der Waals surface area contributed by atoms with Gasteiger partial charge in [0.25, 0.3) is 0 Å². The zero-order valence-corrected chi connectivity index (χ0v) is 9.26. The van der Waals surface area contributed by atoms with Gasteiger partial charge in [-0.15, -0.1) is 11.3 Å². The van der Waals surface area contributed by atoms with E-state index in [1.54, 1.807) is 18.3 Å². The summed E-state index contributed by atoms with van der Waals surface area (Å²) in [5, 5.41) is 2.51. The topological polar surface area (TPSA) is 42.9 Å². The fourth-order valence-corrected chi connectivity index (χ4v) is 2.24. The second-order valence-corrected chi connectivity index (χ2v) is 4.29. The summed E-state index contributed by atoms with van der Waals surface area (Å²) in [5.74, 6) is -0.0400. The number of Topliss-reactive ketones (excluding diaryl/α,β-unsaturated/α-hetero) is 1. The Morgan fingerprint density at radius 2 is 2.33 bits per heavy atom. The molecule has 0 N–H and O–H groups in total. The quantitative estimate of drug-likeness (QED) is 0.772. The van der Waals surface area contributed by atoms with Gasteiger partial charge >= 0.3 is 0 Å². The van der Waals surface area contributed by atoms with Crippen molar-refractivity contribution in [1.29, 1.82) is 0 Å². The van der Waals surface area contributed by atoms with Crippen molar-refractivity contribution in [3.05, 3.63) is 45.6 Å². The fraction of sp³-hybridized carbons (Fsp3) is 0.100. The third-order valence-corrected chi connectivity index (χ3v) is 3.27. The average molecular weight is 239 g/mol. The first-order chi connectivity index (χ1) is 7.27. The highest BCUT2D eigenvalue weighted by Gasteiger charge is 2.11. The first-order valence-electron chi connectivity index (χ1n) is 4.28. The molecule has 0 unspecified atom stereocenters. The van der Waals surface area contributed by atoms with Gasteiger partial charge in [-0.05, 0) is 17.5 Å². The minimum absolute atomic E-state index is 0.0400. The van der Waals surface area contributed by atoms with Crippen molar-refractivity contribution in [2.45, 2.75) is 6.42 Å². The molecule has 2 aromatic rings. The number of thiophene rings is 1. The molecule has 15 heavy (non-hydrogen) atoms. The molecule has 0 amide bonds. The van der Waals surface area contributed by atoms with Gasteiger partial charge in [0.05, 0.1) is 5.02 Å². The highest BCUT2D eigenvalue weighted by molar-refractivity contribution is 7.10. The van der Waals surface area contributed by atoms with Gasteiger partial charge in [0.15, 0.2) is 5.78 Å². The SMILES string of the molecule is O=C(Cc1sccc1Cl)c1ccncn1. The Morgan fingerprint density at radius 3 is 2.93 bits per heavy atom. The van der Waals surface area contributed by atoms with Crippen LogP contribution in [0.3, 0.4) is 0 Å². The van der Waals surface area contributed by atoms with E-state index in [4.69, 9.17) is 11.6 Å². The molecular weight excluding hydrogens is 232 g/mol. The summed E-state index contributed by atoms with van der Waals surface area (Å²) >= 11 is 7.37. The van der Waals surface area contributed by atoms with Gasteiger partial charge in [-0.3, -0.25) is 4.79 Å². The second kappa shape index (κ2) is 4.51. The summed E-state index contributed by atoms with van der Waals surface area (Å²) in [4.78, 5) is 20.2. The molecular formula is C10H7ClN2OS. The molecule has 2 rings (SSSR count). The van der Waals surface area contributed by atoms with E-state index in [-0.39, 0.29) is 5.78 Å². The van der Waals surface area contributed by atoms with Crippen LogP contribution < -0.4 is 0 Å². The summed E-state index contributed by atoms with van der Waals surface area (Å²) in [6.07, 6.45) is 3.22. The third kappa shape index (κ3) is 2.40. The van der Waals surface area contributed by atoms with Crippen molar-refractivity contribution in [3.63, 3.8) is 0 Å². The molecule has 0 atom stereocenters. The monoisotopic (exact) mass is 238 g/mol. The lowest BCUT2D eigenvalue weighted by Crippen LogP contribution is -2.05. The van der Waals surface area contributed by atoms with Crippen LogP contribution in [-0.2, 0) is 6.42 Å². The van der Waals surface area contributed by atoms with E-state index in [1.165, 1.54) is 17.7 Å². The number of ketones is 1. The molecule has 2 aromatic heterocycles. The molecule has 3 nitrogen and oxygen atoms in total. The lowest BCUT2D eigenvalue weighted by molar-refractivity contribution is 0.0989. The Balaban J connectivity index is 2.15. The first kappa shape index (κ1) is 10.3. The molecule has 5 heteroatoms. The predicted octanol–water partition coefficient (Wildman–Crippen LogP) is 2.62. The Hall–Kier alpha value is -1.26. The molecule has 2 heterocycles. The van der Waals surface area contributed by atoms with Gasteiger partial charge in [0.1, 0.15) is 12.0 Å². The van der Waals surface area contributed by atoms with Crippen LogP contribution in [0.5, 0.6) is 0 Å². The van der Waals surface area contributed by atoms with Crippen molar-refractivity contribution in [1.82, 2.24) is 9.97 Å². The van der Waals surface area contributed by atoms with E-state index in [2.05, 4.69) is 9.97 Å². The molecule has 0 aromatic carbocycles. The molecule has 0 aliphatic rings. The van der Waals surface area contributed by atoms with Crippen LogP contribution >= 0.6 is 22.9 Å². The normalized spacial score (nSPS) is 10.2. The van der Waals surface area contributed by atoms with Crippen LogP contribution in [0, 0.1) is 0 Å². The first-order valence-corrected chi connectivity index (χ1v) is 5.54. The van der Waals surface area contributed by atoms with Crippen LogP contribution in [-0.4, -0.2) is 15.8 Å². The maximum absolute atomic E-state index is 11.7. The van der Waals surface area contributed by atoms with Crippen LogP contribution in [0.4, 0.5) is 0 Å². The maximum Gasteiger partial charge on any atom is 0.186 e. The van der Waals surface area contributed by atoms with E-state index in [1.807, 2.05) is 5.38 Å². The van der Waals surface area contributed by atoms with Gasteiger partial charge in [0, 0.05) is 17.5 Å². The number of rotatable bonds is 3. The molecule has 76 valence electrons. The second-order valence-electron chi connectivity index (χ2n) is 2.89. The number of hydrogen-bond donors (Lipinski definition) is 0. The summed E-state index contributed by atoms with van der Waals surface area (Å²) in [6.45, 7) is 0. The predicted molar refractivity (Wildman–Crippen MR) is 59.4 cm³/mol. The summed E-state index contributed by atoms with van der Waals surface area (Å²) in [7, 11) is 0. The van der Waals surface area contributed by atoms with Gasteiger partial charge in [-0.25, -0.2) is 9.97 Å². The summed E-state index contributed by atoms with van der Waals surface area (Å²) in [5.41, 5.74) is 0.425. The fourth-order valence-electron chi connectivity index (χ4n) is 1.14. The van der Waals surface area contributed by atoms with Crippen molar-refractivity contribution in [2.24, 2.45) is 0 Å². The van der Waals surface area contributed by atoms with Crippen LogP contribution in [0.1, 0.15) is 15.4 Å². The van der Waals surface area contributed by atoms with E-state index < -0.39 is 0 Å². The lowest BCUT2D eigenvalue weighted by atomic mass is 10.2. The lowest BCUT2D eigenvalue weighted by Gasteiger charge is -1.97. The van der Waals surface area contributed by atoms with Gasteiger partial charge < -0.3 is 0 Å². The molecule has 0 radical (unpaired) electrons. The molecule has 0 fully saturated rings. The average Bonchev–Trinajstić information content (AvgIpc) is 2.66. The van der Waals surface area contributed by atoms with E-state index in [9.17, 15) is 4.79 Å². The minimum Gasteiger partial charge on any atom is -0.292 e. The third-order valence-electron chi connectivity index (χ3n) is 1.88. The van der Waals surface area contributed by atoms with Crippen molar-refractivity contribution < 1.29 is 4.79 Å². The standard InChI is InChI=1S/C10H7ClN2OS/c11-7-2-4-15-10(7)5-9(14)8-1-3-12-6-13-8/h1-4,6H,5H2. The number of halogens is 1. The Morgan fingerprint density at radius 1 is 1.47 bits per heavy atom. The van der Waals surface area contributed by atoms with Crippen LogP contribution in [0.25, 0.3) is 0 Å². The van der Waals surface area contributed by atoms with E-state index in [0.717, 1.165) is 4.88 Å². The zero-order valence-electron chi connectivity index (χ0n) is 7.68. The number of hydrogen-bond acceptors (Lipinski definition) is 4. The molecule has 0 saturated heterocycles. The highest BCUT2D eigenvalue weighted by Crippen LogP contribution is 2.23. The molecule has 0 aliphatic heterocycles. The van der Waals surface area contributed by atoms with E-state index >= 15 is 0 Å². The number of nitrogens with zero attached hydrogens (tertiary/aromatic N) is 2. The smallest absolute Gasteiger partial charge is 0.186 e. The maximum atomic E-state index is 11.7. The minimum atomic E-state index is -0.0400. The Kier molecular flexibility index (Phi) is 3.08. The van der Waals surface area contributed by atoms with E-state index in [0.29, 0.717) is 17.1 Å². The molecule has 0 aliphatic carbocycles. The number of carbonyl (C=O) groups excluding carboxylic acids is 1. The van der Waals surface area contributed by atoms with Crippen molar-refractivity contribution in [2.75, 3.05) is 0 Å². The van der Waals surface area contributed by atoms with Gasteiger partial charge in [0.2, 0.25) is 0 Å².